The van der Waals surface area contributed by atoms with Crippen LogP contribution in [-0.2, 0) is 4.74 Å². The van der Waals surface area contributed by atoms with Gasteiger partial charge in [0.1, 0.15) is 6.23 Å². The van der Waals surface area contributed by atoms with Gasteiger partial charge in [-0.15, -0.1) is 6.58 Å². The number of fused-ring (bicyclic) bond motifs is 2. The van der Waals surface area contributed by atoms with E-state index in [-0.39, 0.29) is 29.1 Å². The molecule has 0 spiro atoms. The molecule has 5 heteroatoms. The number of Topliss-reactive ketones (excluding diaryl/α,β-unsaturated/α-hetero) is 2. The van der Waals surface area contributed by atoms with Gasteiger partial charge < -0.3 is 16.2 Å². The fourth-order valence-electron chi connectivity index (χ4n) is 3.50. The van der Waals surface area contributed by atoms with E-state index in [2.05, 4.69) is 6.58 Å². The molecule has 1 heterocycles. The number of nitrogen functional groups attached to an aromatic ring is 1. The molecule has 0 saturated heterocycles. The SMILES string of the molecule is C=CC1CC2=C(C(=O)c3cc4ccccc4c(N)c3C2=O)C(N)O1. The third-order valence-electron chi connectivity index (χ3n) is 4.68. The molecule has 120 valence electrons. The number of ether oxygens (including phenoxy) is 1. The molecule has 4 N–H and O–H groups in total. The normalized spacial score (nSPS) is 23.2. The predicted molar refractivity (Wildman–Crippen MR) is 91.7 cm³/mol. The second-order valence-corrected chi connectivity index (χ2v) is 6.02. The van der Waals surface area contributed by atoms with Crippen molar-refractivity contribution < 1.29 is 14.3 Å². The first-order valence-electron chi connectivity index (χ1n) is 7.70. The fourth-order valence-corrected chi connectivity index (χ4v) is 3.50. The van der Waals surface area contributed by atoms with Crippen LogP contribution < -0.4 is 11.5 Å². The third-order valence-corrected chi connectivity index (χ3v) is 4.68. The number of benzene rings is 2. The van der Waals surface area contributed by atoms with E-state index < -0.39 is 12.3 Å². The highest BCUT2D eigenvalue weighted by atomic mass is 16.5. The van der Waals surface area contributed by atoms with Gasteiger partial charge in [-0.05, 0) is 11.5 Å². The van der Waals surface area contributed by atoms with Gasteiger partial charge in [-0.25, -0.2) is 0 Å². The molecule has 0 aromatic heterocycles. The highest BCUT2D eigenvalue weighted by Gasteiger charge is 2.40. The Hall–Kier alpha value is -2.76. The van der Waals surface area contributed by atoms with Crippen LogP contribution in [0.25, 0.3) is 10.8 Å². The monoisotopic (exact) mass is 320 g/mol. The minimum Gasteiger partial charge on any atom is -0.398 e. The lowest BCUT2D eigenvalue weighted by molar-refractivity contribution is 0.0240. The second-order valence-electron chi connectivity index (χ2n) is 6.02. The van der Waals surface area contributed by atoms with E-state index in [0.717, 1.165) is 10.8 Å². The van der Waals surface area contributed by atoms with E-state index in [0.29, 0.717) is 16.8 Å². The van der Waals surface area contributed by atoms with Crippen LogP contribution in [0.1, 0.15) is 27.1 Å². The molecular formula is C19H16N2O3. The van der Waals surface area contributed by atoms with Crippen LogP contribution >= 0.6 is 0 Å². The maximum Gasteiger partial charge on any atom is 0.194 e. The van der Waals surface area contributed by atoms with Gasteiger partial charge in [-0.2, -0.15) is 0 Å². The van der Waals surface area contributed by atoms with Gasteiger partial charge in [0, 0.05) is 22.9 Å². The standard InChI is InChI=1S/C19H16N2O3/c1-2-10-8-13-15(19(21)24-10)18(23)12-7-9-5-3-4-6-11(9)16(20)14(12)17(13)22/h2-7,10,19H,1,8,20-21H2. The van der Waals surface area contributed by atoms with Crippen molar-refractivity contribution in [3.8, 4) is 0 Å². The van der Waals surface area contributed by atoms with E-state index in [1.165, 1.54) is 0 Å². The number of ketones is 2. The van der Waals surface area contributed by atoms with Crippen LogP contribution in [0.2, 0.25) is 0 Å². The van der Waals surface area contributed by atoms with E-state index in [1.54, 1.807) is 12.1 Å². The Balaban J connectivity index is 1.99. The molecule has 2 unspecified atom stereocenters. The number of carbonyl (C=O) groups excluding carboxylic acids is 2. The van der Waals surface area contributed by atoms with Gasteiger partial charge in [0.2, 0.25) is 0 Å². The van der Waals surface area contributed by atoms with Crippen LogP contribution in [0, 0.1) is 0 Å². The van der Waals surface area contributed by atoms with Gasteiger partial charge in [-0.1, -0.05) is 30.3 Å². The van der Waals surface area contributed by atoms with E-state index >= 15 is 0 Å². The van der Waals surface area contributed by atoms with Crippen molar-refractivity contribution in [2.45, 2.75) is 18.8 Å². The summed E-state index contributed by atoms with van der Waals surface area (Å²) in [5.74, 6) is -0.527. The van der Waals surface area contributed by atoms with Crippen LogP contribution in [0.4, 0.5) is 5.69 Å². The van der Waals surface area contributed by atoms with Crippen LogP contribution in [-0.4, -0.2) is 23.9 Å². The first kappa shape index (κ1) is 14.8. The molecule has 0 amide bonds. The average Bonchev–Trinajstić information content (AvgIpc) is 2.59. The molecule has 0 radical (unpaired) electrons. The highest BCUT2D eigenvalue weighted by Crippen LogP contribution is 2.39. The summed E-state index contributed by atoms with van der Waals surface area (Å²) >= 11 is 0. The number of nitrogens with two attached hydrogens (primary N) is 2. The lowest BCUT2D eigenvalue weighted by Crippen LogP contribution is -2.42. The predicted octanol–water partition coefficient (Wildman–Crippen LogP) is 2.36. The van der Waals surface area contributed by atoms with E-state index in [9.17, 15) is 9.59 Å². The largest absolute Gasteiger partial charge is 0.398 e. The summed E-state index contributed by atoms with van der Waals surface area (Å²) in [5, 5.41) is 1.58. The molecule has 24 heavy (non-hydrogen) atoms. The van der Waals surface area contributed by atoms with Crippen molar-refractivity contribution in [2.75, 3.05) is 5.73 Å². The molecule has 1 aliphatic carbocycles. The number of hydrogen-bond acceptors (Lipinski definition) is 5. The molecule has 2 aromatic rings. The summed E-state index contributed by atoms with van der Waals surface area (Å²) in [6.45, 7) is 3.68. The van der Waals surface area contributed by atoms with Gasteiger partial charge >= 0.3 is 0 Å². The lowest BCUT2D eigenvalue weighted by Gasteiger charge is -2.33. The number of hydrogen-bond donors (Lipinski definition) is 2. The van der Waals surface area contributed by atoms with Crippen molar-refractivity contribution in [3.63, 3.8) is 0 Å². The molecule has 0 bridgehead atoms. The Morgan fingerprint density at radius 1 is 1.21 bits per heavy atom. The number of carbonyl (C=O) groups is 2. The maximum absolute atomic E-state index is 13.0. The number of anilines is 1. The second kappa shape index (κ2) is 5.12. The maximum atomic E-state index is 13.0. The molecule has 2 aromatic carbocycles. The summed E-state index contributed by atoms with van der Waals surface area (Å²) in [6, 6.07) is 9.12. The van der Waals surface area contributed by atoms with Crippen LogP contribution in [0.3, 0.4) is 0 Å². The van der Waals surface area contributed by atoms with Crippen LogP contribution in [0.15, 0.2) is 54.1 Å². The Bertz CT molecular complexity index is 958. The summed E-state index contributed by atoms with van der Waals surface area (Å²) in [7, 11) is 0. The van der Waals surface area contributed by atoms with E-state index in [4.69, 9.17) is 16.2 Å². The summed E-state index contributed by atoms with van der Waals surface area (Å²) in [5.41, 5.74) is 13.8. The summed E-state index contributed by atoms with van der Waals surface area (Å²) in [4.78, 5) is 26.0. The van der Waals surface area contributed by atoms with E-state index in [1.807, 2.05) is 24.3 Å². The summed E-state index contributed by atoms with van der Waals surface area (Å²) in [6.07, 6.45) is 0.538. The summed E-state index contributed by atoms with van der Waals surface area (Å²) < 4.78 is 5.55. The Labute approximate surface area is 138 Å². The van der Waals surface area contributed by atoms with Crippen LogP contribution in [0.5, 0.6) is 0 Å². The smallest absolute Gasteiger partial charge is 0.194 e. The fraction of sp³-hybridized carbons (Fsp3) is 0.158. The molecule has 1 aliphatic heterocycles. The molecular weight excluding hydrogens is 304 g/mol. The van der Waals surface area contributed by atoms with Crippen molar-refractivity contribution in [1.82, 2.24) is 0 Å². The zero-order chi connectivity index (χ0) is 17.0. The topological polar surface area (TPSA) is 95.4 Å². The minimum absolute atomic E-state index is 0.236. The Morgan fingerprint density at radius 3 is 2.71 bits per heavy atom. The minimum atomic E-state index is -0.936. The molecule has 2 aliphatic rings. The van der Waals surface area contributed by atoms with Crippen molar-refractivity contribution in [3.05, 3.63) is 65.3 Å². The zero-order valence-electron chi connectivity index (χ0n) is 12.9. The van der Waals surface area contributed by atoms with Gasteiger partial charge in [0.25, 0.3) is 0 Å². The molecule has 5 nitrogen and oxygen atoms in total. The third kappa shape index (κ3) is 1.89. The van der Waals surface area contributed by atoms with Gasteiger partial charge in [0.15, 0.2) is 11.6 Å². The quantitative estimate of drug-likeness (QED) is 0.621. The molecule has 2 atom stereocenters. The Morgan fingerprint density at radius 2 is 1.96 bits per heavy atom. The van der Waals surface area contributed by atoms with Gasteiger partial charge in [0.05, 0.1) is 22.9 Å². The lowest BCUT2D eigenvalue weighted by atomic mass is 9.78. The first-order valence-corrected chi connectivity index (χ1v) is 7.70. The zero-order valence-corrected chi connectivity index (χ0v) is 12.9. The molecule has 4 rings (SSSR count). The van der Waals surface area contributed by atoms with Gasteiger partial charge in [-0.3, -0.25) is 9.59 Å². The van der Waals surface area contributed by atoms with Crippen molar-refractivity contribution >= 4 is 28.0 Å². The molecule has 0 saturated carbocycles. The van der Waals surface area contributed by atoms with Crippen molar-refractivity contribution in [2.24, 2.45) is 5.73 Å². The first-order chi connectivity index (χ1) is 11.5. The van der Waals surface area contributed by atoms with Crippen molar-refractivity contribution in [1.29, 1.82) is 0 Å². The molecule has 0 fully saturated rings. The Kier molecular flexibility index (Phi) is 3.16. The number of rotatable bonds is 1. The highest BCUT2D eigenvalue weighted by molar-refractivity contribution is 6.31. The average molecular weight is 320 g/mol.